The molecule has 4 atom stereocenters. The van der Waals surface area contributed by atoms with E-state index in [4.69, 9.17) is 28.6 Å². The Morgan fingerprint density at radius 1 is 0.854 bits per heavy atom. The lowest BCUT2D eigenvalue weighted by molar-refractivity contribution is -0.0512. The third-order valence-corrected chi connectivity index (χ3v) is 14.4. The zero-order chi connectivity index (χ0) is 34.1. The highest BCUT2D eigenvalue weighted by Gasteiger charge is 2.47. The lowest BCUT2D eigenvalue weighted by Gasteiger charge is -2.37. The van der Waals surface area contributed by atoms with Crippen LogP contribution in [-0.2, 0) is 19.4 Å². The molecule has 1 aliphatic rings. The fourth-order valence-electron chi connectivity index (χ4n) is 6.12. The Labute approximate surface area is 283 Å². The summed E-state index contributed by atoms with van der Waals surface area (Å²) in [7, 11) is 1.18. The van der Waals surface area contributed by atoms with Gasteiger partial charge in [-0.1, -0.05) is 93.6 Å². The van der Waals surface area contributed by atoms with Gasteiger partial charge in [0.2, 0.25) is 0 Å². The van der Waals surface area contributed by atoms with Crippen LogP contribution in [0, 0.1) is 0 Å². The highest BCUT2D eigenvalue weighted by molar-refractivity contribution is 6.74. The van der Waals surface area contributed by atoms with Crippen LogP contribution in [0.3, 0.4) is 0 Å². The first-order valence-electron chi connectivity index (χ1n) is 16.2. The van der Waals surface area contributed by atoms with Gasteiger partial charge < -0.3 is 29.1 Å². The smallest absolute Gasteiger partial charge is 0.192 e. The lowest BCUT2D eigenvalue weighted by atomic mass is 9.77. The monoisotopic (exact) mass is 667 g/mol. The van der Waals surface area contributed by atoms with E-state index in [9.17, 15) is 5.11 Å². The Morgan fingerprint density at radius 2 is 1.46 bits per heavy atom. The van der Waals surface area contributed by atoms with Crippen LogP contribution < -0.4 is 10.1 Å². The Kier molecular flexibility index (Phi) is 9.43. The van der Waals surface area contributed by atoms with Crippen molar-refractivity contribution < 1.29 is 23.7 Å². The second-order valence-electron chi connectivity index (χ2n) is 13.7. The molecule has 0 spiro atoms. The Hall–Kier alpha value is -4.13. The first kappa shape index (κ1) is 33.8. The standard InChI is InChI=1S/C37H45N5O5Si/c1-36(2,3)48(6,7)46-22-29-32(45-5)31(43)35(47-29)42-24-40-30-33(38-23-39-34(30)42)41-37(25-14-10-8-11-15-25,26-16-12-9-13-17-26)27-18-20-28(44-4)21-19-27/h8-21,23-24,29,31-32,35,43H,22H2,1-7H3,(H,38,39,41)/t29-,31?,32?,35-/m1/s1. The number of nitrogens with zero attached hydrogens (tertiary/aromatic N) is 4. The maximum absolute atomic E-state index is 11.5. The highest BCUT2D eigenvalue weighted by Crippen LogP contribution is 2.42. The van der Waals surface area contributed by atoms with Gasteiger partial charge in [-0.2, -0.15) is 0 Å². The van der Waals surface area contributed by atoms with Crippen LogP contribution in [0.15, 0.2) is 97.6 Å². The number of aromatic nitrogens is 4. The lowest BCUT2D eigenvalue weighted by Crippen LogP contribution is -2.45. The minimum atomic E-state index is -2.06. The minimum absolute atomic E-state index is 0.0353. The van der Waals surface area contributed by atoms with E-state index in [1.54, 1.807) is 25.1 Å². The third kappa shape index (κ3) is 6.12. The molecule has 3 aromatic carbocycles. The largest absolute Gasteiger partial charge is 0.497 e. The molecule has 0 saturated carbocycles. The number of methoxy groups -OCH3 is 2. The first-order chi connectivity index (χ1) is 23.0. The van der Waals surface area contributed by atoms with Crippen LogP contribution in [0.5, 0.6) is 5.75 Å². The number of imidazole rings is 1. The molecule has 0 bridgehead atoms. The van der Waals surface area contributed by atoms with Gasteiger partial charge in [0.15, 0.2) is 31.5 Å². The fourth-order valence-corrected chi connectivity index (χ4v) is 7.14. The molecule has 11 heteroatoms. The second-order valence-corrected chi connectivity index (χ2v) is 18.5. The number of nitrogens with one attached hydrogen (secondary N) is 1. The molecule has 252 valence electrons. The Morgan fingerprint density at radius 3 is 2.02 bits per heavy atom. The van der Waals surface area contributed by atoms with Gasteiger partial charge in [-0.25, -0.2) is 15.0 Å². The van der Waals surface area contributed by atoms with Gasteiger partial charge in [0.05, 0.1) is 20.0 Å². The van der Waals surface area contributed by atoms with Gasteiger partial charge >= 0.3 is 0 Å². The summed E-state index contributed by atoms with van der Waals surface area (Å²) in [4.78, 5) is 14.1. The number of aliphatic hydroxyl groups is 1. The average Bonchev–Trinajstić information content (AvgIpc) is 3.67. The summed E-state index contributed by atoms with van der Waals surface area (Å²) in [6.45, 7) is 11.3. The summed E-state index contributed by atoms with van der Waals surface area (Å²) < 4.78 is 25.9. The van der Waals surface area contributed by atoms with Crippen LogP contribution in [0.2, 0.25) is 18.1 Å². The van der Waals surface area contributed by atoms with Gasteiger partial charge in [0.1, 0.15) is 35.9 Å². The molecular formula is C37H45N5O5Si. The van der Waals surface area contributed by atoms with Crippen LogP contribution in [0.1, 0.15) is 43.7 Å². The van der Waals surface area contributed by atoms with Crippen molar-refractivity contribution in [3.8, 4) is 5.75 Å². The zero-order valence-electron chi connectivity index (χ0n) is 28.6. The van der Waals surface area contributed by atoms with E-state index in [0.29, 0.717) is 23.6 Å². The summed E-state index contributed by atoms with van der Waals surface area (Å²) in [6.07, 6.45) is 0.326. The summed E-state index contributed by atoms with van der Waals surface area (Å²) >= 11 is 0. The van der Waals surface area contributed by atoms with E-state index in [-0.39, 0.29) is 5.04 Å². The number of benzene rings is 3. The van der Waals surface area contributed by atoms with Crippen LogP contribution >= 0.6 is 0 Å². The average molecular weight is 668 g/mol. The minimum Gasteiger partial charge on any atom is -0.497 e. The number of aliphatic hydroxyl groups excluding tert-OH is 1. The van der Waals surface area contributed by atoms with E-state index in [1.165, 1.54) is 6.33 Å². The quantitative estimate of drug-likeness (QED) is 0.120. The predicted molar refractivity (Wildman–Crippen MR) is 189 cm³/mol. The topological polar surface area (TPSA) is 113 Å². The van der Waals surface area contributed by atoms with Crippen molar-refractivity contribution >= 4 is 25.3 Å². The predicted octanol–water partition coefficient (Wildman–Crippen LogP) is 6.53. The molecule has 10 nitrogen and oxygen atoms in total. The summed E-state index contributed by atoms with van der Waals surface area (Å²) in [6, 6.07) is 28.5. The van der Waals surface area contributed by atoms with E-state index in [2.05, 4.69) is 80.6 Å². The fraction of sp³-hybridized carbons (Fsp3) is 0.378. The van der Waals surface area contributed by atoms with E-state index >= 15 is 0 Å². The van der Waals surface area contributed by atoms with E-state index in [1.807, 2.05) is 48.5 Å². The highest BCUT2D eigenvalue weighted by atomic mass is 28.4. The molecule has 2 aromatic heterocycles. The van der Waals surface area contributed by atoms with Gasteiger partial charge in [0, 0.05) is 7.11 Å². The van der Waals surface area contributed by atoms with Crippen LogP contribution in [0.25, 0.3) is 11.2 Å². The number of hydrogen-bond donors (Lipinski definition) is 2. The Bertz CT molecular complexity index is 1770. The molecule has 1 saturated heterocycles. The molecule has 0 aliphatic carbocycles. The van der Waals surface area contributed by atoms with E-state index in [0.717, 1.165) is 22.4 Å². The van der Waals surface area contributed by atoms with Gasteiger partial charge in [-0.15, -0.1) is 0 Å². The molecule has 0 radical (unpaired) electrons. The maximum atomic E-state index is 11.5. The molecule has 3 heterocycles. The number of ether oxygens (including phenoxy) is 3. The second kappa shape index (κ2) is 13.4. The van der Waals surface area contributed by atoms with Crippen molar-refractivity contribution in [2.24, 2.45) is 0 Å². The van der Waals surface area contributed by atoms with Crippen molar-refractivity contribution in [1.82, 2.24) is 19.5 Å². The van der Waals surface area contributed by atoms with Crippen LogP contribution in [-0.4, -0.2) is 72.1 Å². The third-order valence-electron chi connectivity index (χ3n) is 9.87. The van der Waals surface area contributed by atoms with Crippen molar-refractivity contribution in [2.75, 3.05) is 26.1 Å². The van der Waals surface area contributed by atoms with Crippen LogP contribution in [0.4, 0.5) is 5.82 Å². The number of fused-ring (bicyclic) bond motifs is 1. The molecule has 2 unspecified atom stereocenters. The molecule has 1 aliphatic heterocycles. The number of rotatable bonds is 11. The molecular weight excluding hydrogens is 623 g/mol. The molecule has 5 aromatic rings. The molecule has 2 N–H and O–H groups in total. The van der Waals surface area contributed by atoms with Crippen molar-refractivity contribution in [3.05, 3.63) is 114 Å². The summed E-state index contributed by atoms with van der Waals surface area (Å²) in [5.41, 5.74) is 3.18. The van der Waals surface area contributed by atoms with Crippen molar-refractivity contribution in [3.63, 3.8) is 0 Å². The van der Waals surface area contributed by atoms with Gasteiger partial charge in [0.25, 0.3) is 0 Å². The Balaban J connectivity index is 1.41. The molecule has 48 heavy (non-hydrogen) atoms. The number of anilines is 1. The summed E-state index contributed by atoms with van der Waals surface area (Å²) in [5, 5.41) is 15.3. The molecule has 0 amide bonds. The summed E-state index contributed by atoms with van der Waals surface area (Å²) in [5.74, 6) is 1.28. The maximum Gasteiger partial charge on any atom is 0.192 e. The SMILES string of the molecule is COc1ccc(C(Nc2ncnc3c2ncn3[C@@H]2O[C@H](CO[Si](C)(C)C(C)(C)C)C(OC)C2O)(c2ccccc2)c2ccccc2)cc1. The first-order valence-corrected chi connectivity index (χ1v) is 19.1. The van der Waals surface area contributed by atoms with Gasteiger partial charge in [-0.3, -0.25) is 4.57 Å². The molecule has 6 rings (SSSR count). The normalized spacial score (nSPS) is 20.2. The van der Waals surface area contributed by atoms with Crippen molar-refractivity contribution in [2.45, 2.75) is 69.0 Å². The van der Waals surface area contributed by atoms with Gasteiger partial charge in [-0.05, 0) is 47.0 Å². The van der Waals surface area contributed by atoms with Crippen molar-refractivity contribution in [1.29, 1.82) is 0 Å². The zero-order valence-corrected chi connectivity index (χ0v) is 29.6. The van der Waals surface area contributed by atoms with E-state index < -0.39 is 38.4 Å². The number of hydrogen-bond acceptors (Lipinski definition) is 9. The molecule has 1 fully saturated rings.